The molecule has 3 unspecified atom stereocenters. The van der Waals surface area contributed by atoms with Crippen molar-refractivity contribution in [2.45, 2.75) is 56.7 Å². The van der Waals surface area contributed by atoms with Crippen LogP contribution < -0.4 is 0 Å². The minimum Gasteiger partial charge on any atom is -0.481 e. The van der Waals surface area contributed by atoms with E-state index in [4.69, 9.17) is 5.11 Å². The first-order valence-corrected chi connectivity index (χ1v) is 5.84. The van der Waals surface area contributed by atoms with Crippen LogP contribution in [0.3, 0.4) is 0 Å². The van der Waals surface area contributed by atoms with Crippen LogP contribution in [0.1, 0.15) is 38.5 Å². The van der Waals surface area contributed by atoms with Crippen molar-refractivity contribution >= 4 is 5.97 Å². The van der Waals surface area contributed by atoms with Gasteiger partial charge in [0.2, 0.25) is 0 Å². The van der Waals surface area contributed by atoms with Crippen LogP contribution in [0.25, 0.3) is 0 Å². The fourth-order valence-corrected chi connectivity index (χ4v) is 3.02. The quantitative estimate of drug-likeness (QED) is 0.729. The second-order valence-corrected chi connectivity index (χ2v) is 4.70. The Morgan fingerprint density at radius 1 is 1.27 bits per heavy atom. The second-order valence-electron chi connectivity index (χ2n) is 4.70. The van der Waals surface area contributed by atoms with Gasteiger partial charge in [-0.1, -0.05) is 0 Å². The van der Waals surface area contributed by atoms with E-state index in [1.165, 1.54) is 0 Å². The van der Waals surface area contributed by atoms with Crippen molar-refractivity contribution in [1.29, 1.82) is 0 Å². The van der Waals surface area contributed by atoms with Crippen molar-refractivity contribution in [3.8, 4) is 0 Å². The second kappa shape index (κ2) is 4.49. The summed E-state index contributed by atoms with van der Waals surface area (Å²) in [7, 11) is 0. The number of hydrogen-bond acceptors (Lipinski definition) is 3. The van der Waals surface area contributed by atoms with Crippen LogP contribution in [-0.4, -0.2) is 45.8 Å². The van der Waals surface area contributed by atoms with E-state index in [9.17, 15) is 9.90 Å². The Balaban J connectivity index is 1.97. The van der Waals surface area contributed by atoms with E-state index in [2.05, 4.69) is 4.90 Å². The van der Waals surface area contributed by atoms with Crippen LogP contribution in [0.5, 0.6) is 0 Å². The van der Waals surface area contributed by atoms with Gasteiger partial charge in [-0.05, 0) is 38.6 Å². The van der Waals surface area contributed by atoms with Crippen molar-refractivity contribution in [3.63, 3.8) is 0 Å². The highest BCUT2D eigenvalue weighted by atomic mass is 16.4. The summed E-state index contributed by atoms with van der Waals surface area (Å²) < 4.78 is 0. The van der Waals surface area contributed by atoms with Gasteiger partial charge >= 0.3 is 5.97 Å². The van der Waals surface area contributed by atoms with Gasteiger partial charge in [0.05, 0.1) is 12.5 Å². The third-order valence-electron chi connectivity index (χ3n) is 3.70. The van der Waals surface area contributed by atoms with Gasteiger partial charge in [0.15, 0.2) is 0 Å². The number of aliphatic hydroxyl groups is 1. The molecule has 2 fully saturated rings. The maximum absolute atomic E-state index is 10.7. The van der Waals surface area contributed by atoms with E-state index in [1.54, 1.807) is 0 Å². The molecule has 1 aliphatic heterocycles. The first-order valence-electron chi connectivity index (χ1n) is 5.84. The SMILES string of the molecule is O=C(O)CC1CCCN1C1CCCC1O. The Kier molecular flexibility index (Phi) is 3.26. The smallest absolute Gasteiger partial charge is 0.304 e. The Hall–Kier alpha value is -0.610. The molecule has 3 atom stereocenters. The molecule has 1 saturated carbocycles. The normalized spacial score (nSPS) is 37.3. The molecule has 1 heterocycles. The van der Waals surface area contributed by atoms with Gasteiger partial charge in [-0.25, -0.2) is 0 Å². The van der Waals surface area contributed by atoms with E-state index >= 15 is 0 Å². The monoisotopic (exact) mass is 213 g/mol. The Labute approximate surface area is 89.9 Å². The molecule has 4 heteroatoms. The van der Waals surface area contributed by atoms with Crippen LogP contribution in [0, 0.1) is 0 Å². The molecular formula is C11H19NO3. The fourth-order valence-electron chi connectivity index (χ4n) is 3.02. The molecular weight excluding hydrogens is 194 g/mol. The Morgan fingerprint density at radius 3 is 2.67 bits per heavy atom. The maximum atomic E-state index is 10.7. The van der Waals surface area contributed by atoms with Crippen LogP contribution in [0.15, 0.2) is 0 Å². The largest absolute Gasteiger partial charge is 0.481 e. The molecule has 86 valence electrons. The van der Waals surface area contributed by atoms with Crippen LogP contribution >= 0.6 is 0 Å². The molecule has 2 N–H and O–H groups in total. The number of hydrogen-bond donors (Lipinski definition) is 2. The average molecular weight is 213 g/mol. The third-order valence-corrected chi connectivity index (χ3v) is 3.70. The van der Waals surface area contributed by atoms with E-state index in [-0.39, 0.29) is 24.6 Å². The van der Waals surface area contributed by atoms with E-state index in [0.29, 0.717) is 0 Å². The summed E-state index contributed by atoms with van der Waals surface area (Å²) in [6.07, 6.45) is 5.00. The summed E-state index contributed by atoms with van der Waals surface area (Å²) in [5, 5.41) is 18.6. The number of carboxylic acid groups (broad SMARTS) is 1. The molecule has 1 saturated heterocycles. The lowest BCUT2D eigenvalue weighted by Crippen LogP contribution is -2.44. The number of likely N-dealkylation sites (tertiary alicyclic amines) is 1. The van der Waals surface area contributed by atoms with Crippen molar-refractivity contribution in [2.75, 3.05) is 6.54 Å². The summed E-state index contributed by atoms with van der Waals surface area (Å²) in [6.45, 7) is 0.958. The lowest BCUT2D eigenvalue weighted by molar-refractivity contribution is -0.138. The highest BCUT2D eigenvalue weighted by Gasteiger charge is 2.37. The molecule has 2 rings (SSSR count). The van der Waals surface area contributed by atoms with Crippen LogP contribution in [0.4, 0.5) is 0 Å². The van der Waals surface area contributed by atoms with Gasteiger partial charge in [0.1, 0.15) is 0 Å². The summed E-state index contributed by atoms with van der Waals surface area (Å²) in [5.41, 5.74) is 0. The standard InChI is InChI=1S/C11H19NO3/c13-10-5-1-4-9(10)12-6-2-3-8(12)7-11(14)15/h8-10,13H,1-7H2,(H,14,15). The number of rotatable bonds is 3. The van der Waals surface area contributed by atoms with Gasteiger partial charge in [0, 0.05) is 12.1 Å². The van der Waals surface area contributed by atoms with Crippen molar-refractivity contribution < 1.29 is 15.0 Å². The molecule has 2 aliphatic rings. The first-order chi connectivity index (χ1) is 7.18. The molecule has 0 amide bonds. The highest BCUT2D eigenvalue weighted by molar-refractivity contribution is 5.67. The Bertz CT molecular complexity index is 244. The zero-order chi connectivity index (χ0) is 10.8. The summed E-state index contributed by atoms with van der Waals surface area (Å²) in [5.74, 6) is -0.723. The summed E-state index contributed by atoms with van der Waals surface area (Å²) in [4.78, 5) is 12.9. The van der Waals surface area contributed by atoms with Gasteiger partial charge in [0.25, 0.3) is 0 Å². The van der Waals surface area contributed by atoms with Gasteiger partial charge in [-0.15, -0.1) is 0 Å². The molecule has 0 aromatic carbocycles. The predicted molar refractivity (Wildman–Crippen MR) is 55.6 cm³/mol. The molecule has 0 spiro atoms. The van der Waals surface area contributed by atoms with Crippen LogP contribution in [-0.2, 0) is 4.79 Å². The van der Waals surface area contributed by atoms with Crippen molar-refractivity contribution in [1.82, 2.24) is 4.90 Å². The zero-order valence-corrected chi connectivity index (χ0v) is 8.93. The minimum absolute atomic E-state index is 0.153. The van der Waals surface area contributed by atoms with Gasteiger partial charge < -0.3 is 10.2 Å². The van der Waals surface area contributed by atoms with E-state index in [0.717, 1.165) is 38.6 Å². The fraction of sp³-hybridized carbons (Fsp3) is 0.909. The zero-order valence-electron chi connectivity index (χ0n) is 8.93. The minimum atomic E-state index is -0.723. The maximum Gasteiger partial charge on any atom is 0.304 e. The number of aliphatic carboxylic acids is 1. The topological polar surface area (TPSA) is 60.8 Å². The molecule has 0 radical (unpaired) electrons. The van der Waals surface area contributed by atoms with Crippen molar-refractivity contribution in [2.24, 2.45) is 0 Å². The molecule has 0 bridgehead atoms. The van der Waals surface area contributed by atoms with Crippen LogP contribution in [0.2, 0.25) is 0 Å². The average Bonchev–Trinajstić information content (AvgIpc) is 2.73. The number of aliphatic hydroxyl groups excluding tert-OH is 1. The number of carbonyl (C=O) groups is 1. The third kappa shape index (κ3) is 2.32. The number of carboxylic acids is 1. The first kappa shape index (κ1) is 10.9. The van der Waals surface area contributed by atoms with Gasteiger partial charge in [-0.3, -0.25) is 9.69 Å². The molecule has 0 aromatic rings. The molecule has 1 aliphatic carbocycles. The molecule has 0 aromatic heterocycles. The van der Waals surface area contributed by atoms with Gasteiger partial charge in [-0.2, -0.15) is 0 Å². The molecule has 15 heavy (non-hydrogen) atoms. The molecule has 4 nitrogen and oxygen atoms in total. The highest BCUT2D eigenvalue weighted by Crippen LogP contribution is 2.31. The van der Waals surface area contributed by atoms with Crippen molar-refractivity contribution in [3.05, 3.63) is 0 Å². The lowest BCUT2D eigenvalue weighted by atomic mass is 10.1. The number of nitrogens with zero attached hydrogens (tertiary/aromatic N) is 1. The van der Waals surface area contributed by atoms with E-state index < -0.39 is 5.97 Å². The predicted octanol–water partition coefficient (Wildman–Crippen LogP) is 0.839. The summed E-state index contributed by atoms with van der Waals surface area (Å²) in [6, 6.07) is 0.372. The lowest BCUT2D eigenvalue weighted by Gasteiger charge is -2.31. The summed E-state index contributed by atoms with van der Waals surface area (Å²) >= 11 is 0. The Morgan fingerprint density at radius 2 is 2.07 bits per heavy atom. The van der Waals surface area contributed by atoms with E-state index in [1.807, 2.05) is 0 Å².